The number of benzene rings is 2. The number of ether oxygens (including phenoxy) is 2. The van der Waals surface area contributed by atoms with Gasteiger partial charge in [-0.15, -0.1) is 0 Å². The Morgan fingerprint density at radius 1 is 1.21 bits per heavy atom. The molecule has 0 aliphatic carbocycles. The number of nitro groups is 1. The summed E-state index contributed by atoms with van der Waals surface area (Å²) < 4.78 is 15.7. The molecule has 144 valence electrons. The van der Waals surface area contributed by atoms with Gasteiger partial charge in [-0.25, -0.2) is 4.79 Å². The Balaban J connectivity index is 2.05. The third kappa shape index (κ3) is 3.63. The Hall–Kier alpha value is -3.88. The summed E-state index contributed by atoms with van der Waals surface area (Å²) in [5.41, 5.74) is -1.06. The fourth-order valence-electron chi connectivity index (χ4n) is 2.64. The molecule has 9 heteroatoms. The lowest BCUT2D eigenvalue weighted by Crippen LogP contribution is -2.21. The van der Waals surface area contributed by atoms with Crippen molar-refractivity contribution in [3.8, 4) is 11.5 Å². The van der Waals surface area contributed by atoms with Gasteiger partial charge in [0.1, 0.15) is 11.3 Å². The average Bonchev–Trinajstić information content (AvgIpc) is 2.68. The Labute approximate surface area is 158 Å². The highest BCUT2D eigenvalue weighted by Crippen LogP contribution is 2.31. The van der Waals surface area contributed by atoms with E-state index in [0.29, 0.717) is 18.0 Å². The van der Waals surface area contributed by atoms with Crippen LogP contribution in [0.15, 0.2) is 51.7 Å². The predicted molar refractivity (Wildman–Crippen MR) is 101 cm³/mol. The van der Waals surface area contributed by atoms with Crippen LogP contribution in [0.3, 0.4) is 0 Å². The van der Waals surface area contributed by atoms with Crippen molar-refractivity contribution in [3.63, 3.8) is 0 Å². The van der Waals surface area contributed by atoms with E-state index in [1.807, 2.05) is 0 Å². The maximum absolute atomic E-state index is 12.6. The molecule has 0 saturated heterocycles. The van der Waals surface area contributed by atoms with Gasteiger partial charge in [0.05, 0.1) is 30.4 Å². The molecular formula is C19H16N2O7. The van der Waals surface area contributed by atoms with E-state index in [1.165, 1.54) is 19.2 Å². The highest BCUT2D eigenvalue weighted by molar-refractivity contribution is 6.06. The standard InChI is InChI=1S/C19H16N2O7/c1-3-27-15-7-5-4-6-14(15)20-18(22)13-9-11-8-12(21(24)25)10-16(26-2)17(11)28-19(13)23/h4-10H,3H2,1-2H3,(H,20,22). The number of carbonyl (C=O) groups excluding carboxylic acids is 1. The maximum atomic E-state index is 12.6. The molecule has 28 heavy (non-hydrogen) atoms. The minimum atomic E-state index is -0.897. The van der Waals surface area contributed by atoms with Crippen molar-refractivity contribution < 1.29 is 23.6 Å². The number of nitrogens with one attached hydrogen (secondary N) is 1. The topological polar surface area (TPSA) is 121 Å². The molecule has 0 saturated carbocycles. The highest BCUT2D eigenvalue weighted by Gasteiger charge is 2.20. The molecule has 0 atom stereocenters. The number of amides is 1. The summed E-state index contributed by atoms with van der Waals surface area (Å²) in [6.07, 6.45) is 0. The number of non-ortho nitro benzene ring substituents is 1. The molecular weight excluding hydrogens is 368 g/mol. The van der Waals surface area contributed by atoms with Crippen LogP contribution in [-0.2, 0) is 0 Å². The number of anilines is 1. The van der Waals surface area contributed by atoms with Crippen molar-refractivity contribution in [2.45, 2.75) is 6.92 Å². The number of para-hydroxylation sites is 2. The number of methoxy groups -OCH3 is 1. The molecule has 0 aliphatic rings. The Morgan fingerprint density at radius 3 is 2.64 bits per heavy atom. The summed E-state index contributed by atoms with van der Waals surface area (Å²) in [5.74, 6) is -0.260. The third-order valence-electron chi connectivity index (χ3n) is 3.89. The smallest absolute Gasteiger partial charge is 0.349 e. The molecule has 0 unspecified atom stereocenters. The fourth-order valence-corrected chi connectivity index (χ4v) is 2.64. The van der Waals surface area contributed by atoms with Crippen LogP contribution in [0.2, 0.25) is 0 Å². The molecule has 1 heterocycles. The lowest BCUT2D eigenvalue weighted by Gasteiger charge is -2.11. The molecule has 1 N–H and O–H groups in total. The van der Waals surface area contributed by atoms with Crippen LogP contribution < -0.4 is 20.4 Å². The van der Waals surface area contributed by atoms with Crippen molar-refractivity contribution in [2.24, 2.45) is 0 Å². The second-order valence-electron chi connectivity index (χ2n) is 5.65. The Kier molecular flexibility index (Phi) is 5.25. The number of hydrogen-bond acceptors (Lipinski definition) is 7. The summed E-state index contributed by atoms with van der Waals surface area (Å²) in [4.78, 5) is 35.4. The molecule has 9 nitrogen and oxygen atoms in total. The van der Waals surface area contributed by atoms with Crippen molar-refractivity contribution in [2.75, 3.05) is 19.0 Å². The van der Waals surface area contributed by atoms with Gasteiger partial charge in [-0.1, -0.05) is 12.1 Å². The molecule has 0 aliphatic heterocycles. The van der Waals surface area contributed by atoms with Gasteiger partial charge in [0.2, 0.25) is 0 Å². The number of fused-ring (bicyclic) bond motifs is 1. The van der Waals surface area contributed by atoms with E-state index in [2.05, 4.69) is 5.32 Å². The second kappa shape index (κ2) is 7.78. The first kappa shape index (κ1) is 18.9. The highest BCUT2D eigenvalue weighted by atomic mass is 16.6. The fraction of sp³-hybridized carbons (Fsp3) is 0.158. The van der Waals surface area contributed by atoms with Gasteiger partial charge in [0.15, 0.2) is 11.3 Å². The Morgan fingerprint density at radius 2 is 1.96 bits per heavy atom. The SMILES string of the molecule is CCOc1ccccc1NC(=O)c1cc2cc([N+](=O)[O-])cc(OC)c2oc1=O. The number of carbonyl (C=O) groups is 1. The van der Waals surface area contributed by atoms with Crippen LogP contribution in [-0.4, -0.2) is 24.5 Å². The molecule has 0 fully saturated rings. The quantitative estimate of drug-likeness (QED) is 0.393. The lowest BCUT2D eigenvalue weighted by molar-refractivity contribution is -0.384. The molecule has 0 radical (unpaired) electrons. The van der Waals surface area contributed by atoms with E-state index >= 15 is 0 Å². The van der Waals surface area contributed by atoms with Crippen LogP contribution in [0.4, 0.5) is 11.4 Å². The van der Waals surface area contributed by atoms with Gasteiger partial charge in [0.25, 0.3) is 11.6 Å². The first-order chi connectivity index (χ1) is 13.4. The summed E-state index contributed by atoms with van der Waals surface area (Å²) in [7, 11) is 1.30. The predicted octanol–water partition coefficient (Wildman–Crippen LogP) is 3.36. The van der Waals surface area contributed by atoms with Gasteiger partial charge in [0, 0.05) is 11.5 Å². The summed E-state index contributed by atoms with van der Waals surface area (Å²) in [6.45, 7) is 2.20. The zero-order valence-electron chi connectivity index (χ0n) is 15.1. The van der Waals surface area contributed by atoms with E-state index < -0.39 is 16.5 Å². The number of nitrogens with zero attached hydrogens (tertiary/aromatic N) is 1. The van der Waals surface area contributed by atoms with E-state index in [-0.39, 0.29) is 28.0 Å². The van der Waals surface area contributed by atoms with Crippen LogP contribution in [0, 0.1) is 10.1 Å². The number of rotatable bonds is 6. The molecule has 0 bridgehead atoms. The minimum absolute atomic E-state index is 0.0179. The molecule has 3 aromatic rings. The largest absolute Gasteiger partial charge is 0.493 e. The zero-order valence-corrected chi connectivity index (χ0v) is 15.1. The first-order valence-electron chi connectivity index (χ1n) is 8.28. The molecule has 3 rings (SSSR count). The van der Waals surface area contributed by atoms with Crippen LogP contribution in [0.1, 0.15) is 17.3 Å². The zero-order chi connectivity index (χ0) is 20.3. The Bertz CT molecular complexity index is 1120. The van der Waals surface area contributed by atoms with Crippen molar-refractivity contribution >= 4 is 28.3 Å². The molecule has 0 spiro atoms. The molecule has 2 aromatic carbocycles. The first-order valence-corrected chi connectivity index (χ1v) is 8.28. The van der Waals surface area contributed by atoms with Gasteiger partial charge in [-0.2, -0.15) is 0 Å². The maximum Gasteiger partial charge on any atom is 0.349 e. The lowest BCUT2D eigenvalue weighted by atomic mass is 10.1. The van der Waals surface area contributed by atoms with Crippen LogP contribution in [0.25, 0.3) is 11.0 Å². The van der Waals surface area contributed by atoms with Crippen molar-refractivity contribution in [3.05, 3.63) is 68.6 Å². The van der Waals surface area contributed by atoms with E-state index in [0.717, 1.165) is 6.07 Å². The van der Waals surface area contributed by atoms with Crippen molar-refractivity contribution in [1.82, 2.24) is 0 Å². The summed E-state index contributed by atoms with van der Waals surface area (Å²) in [6, 6.07) is 10.3. The van der Waals surface area contributed by atoms with Crippen LogP contribution >= 0.6 is 0 Å². The minimum Gasteiger partial charge on any atom is -0.493 e. The molecule has 1 amide bonds. The van der Waals surface area contributed by atoms with Gasteiger partial charge in [-0.3, -0.25) is 14.9 Å². The number of hydrogen-bond donors (Lipinski definition) is 1. The molecule has 1 aromatic heterocycles. The van der Waals surface area contributed by atoms with Gasteiger partial charge < -0.3 is 19.2 Å². The third-order valence-corrected chi connectivity index (χ3v) is 3.89. The van der Waals surface area contributed by atoms with Crippen LogP contribution in [0.5, 0.6) is 11.5 Å². The van der Waals surface area contributed by atoms with Crippen molar-refractivity contribution in [1.29, 1.82) is 0 Å². The van der Waals surface area contributed by atoms with Gasteiger partial charge in [-0.05, 0) is 25.1 Å². The summed E-state index contributed by atoms with van der Waals surface area (Å²) >= 11 is 0. The average molecular weight is 384 g/mol. The van der Waals surface area contributed by atoms with E-state index in [4.69, 9.17) is 13.9 Å². The normalized spacial score (nSPS) is 10.5. The van der Waals surface area contributed by atoms with E-state index in [9.17, 15) is 19.7 Å². The number of nitro benzene ring substituents is 1. The monoisotopic (exact) mass is 384 g/mol. The summed E-state index contributed by atoms with van der Waals surface area (Å²) in [5, 5.41) is 13.9. The van der Waals surface area contributed by atoms with E-state index in [1.54, 1.807) is 31.2 Å². The second-order valence-corrected chi connectivity index (χ2v) is 5.65. The van der Waals surface area contributed by atoms with Gasteiger partial charge >= 0.3 is 5.63 Å².